The van der Waals surface area contributed by atoms with Gasteiger partial charge in [0.15, 0.2) is 0 Å². The van der Waals surface area contributed by atoms with Crippen LogP contribution in [0.2, 0.25) is 5.02 Å². The van der Waals surface area contributed by atoms with Crippen molar-refractivity contribution in [3.8, 4) is 5.75 Å². The zero-order valence-corrected chi connectivity index (χ0v) is 35.8. The lowest BCUT2D eigenvalue weighted by molar-refractivity contribution is -0.144. The Bertz CT molecular complexity index is 2060. The number of likely N-dealkylation sites (tertiary alicyclic amines) is 1. The molecule has 2 aliphatic heterocycles. The van der Waals surface area contributed by atoms with Crippen molar-refractivity contribution in [1.82, 2.24) is 25.2 Å². The maximum atomic E-state index is 14.8. The fourth-order valence-corrected chi connectivity index (χ4v) is 9.60. The van der Waals surface area contributed by atoms with Crippen LogP contribution in [0.3, 0.4) is 0 Å². The quantitative estimate of drug-likeness (QED) is 0.152. The number of nitrogens with one attached hydrogen (secondary N) is 3. The number of benzene rings is 1. The number of carbonyl (C=O) groups is 4. The van der Waals surface area contributed by atoms with E-state index in [1.54, 1.807) is 13.0 Å². The summed E-state index contributed by atoms with van der Waals surface area (Å²) in [5, 5.41) is 7.05. The molecule has 0 bridgehead atoms. The second-order valence-electron chi connectivity index (χ2n) is 18.1. The van der Waals surface area contributed by atoms with Gasteiger partial charge in [-0.05, 0) is 95.8 Å². The van der Waals surface area contributed by atoms with Crippen LogP contribution in [0.4, 0.5) is 4.79 Å². The van der Waals surface area contributed by atoms with Gasteiger partial charge < -0.3 is 25.0 Å². The molecule has 1 saturated heterocycles. The highest BCUT2D eigenvalue weighted by molar-refractivity contribution is 7.91. The fraction of sp³-hybridized carbons (Fsp3) is 0.643. The topological polar surface area (TPSA) is 173 Å². The molecular weight excluding hydrogens is 770 g/mol. The normalized spacial score (nSPS) is 25.6. The third kappa shape index (κ3) is 8.91. The predicted octanol–water partition coefficient (Wildman–Crippen LogP) is 6.42. The van der Waals surface area contributed by atoms with Crippen molar-refractivity contribution >= 4 is 56.3 Å². The highest BCUT2D eigenvalue weighted by atomic mass is 35.5. The smallest absolute Gasteiger partial charge is 0.407 e. The Hall–Kier alpha value is -3.91. The van der Waals surface area contributed by atoms with Gasteiger partial charge in [-0.15, -0.1) is 0 Å². The molecular formula is C42H58ClN5O8S. The first-order valence-corrected chi connectivity index (χ1v) is 22.2. The van der Waals surface area contributed by atoms with Gasteiger partial charge in [0.1, 0.15) is 29.0 Å². The van der Waals surface area contributed by atoms with E-state index in [9.17, 15) is 27.6 Å². The number of unbranched alkanes of at least 4 members (excludes halogenated alkanes) is 3. The monoisotopic (exact) mass is 827 g/mol. The number of hydrogen-bond acceptors (Lipinski definition) is 9. The molecule has 1 spiro atoms. The van der Waals surface area contributed by atoms with Crippen molar-refractivity contribution in [2.45, 2.75) is 147 Å². The van der Waals surface area contributed by atoms with Crippen LogP contribution in [0.25, 0.3) is 10.9 Å². The maximum Gasteiger partial charge on any atom is 0.407 e. The largest absolute Gasteiger partial charge is 0.483 e. The number of halogens is 1. The fourth-order valence-electron chi connectivity index (χ4n) is 8.11. The van der Waals surface area contributed by atoms with Crippen molar-refractivity contribution in [1.29, 1.82) is 0 Å². The van der Waals surface area contributed by atoms with E-state index in [2.05, 4.69) is 22.3 Å². The number of carbonyl (C=O) groups excluding carboxylic acids is 4. The van der Waals surface area contributed by atoms with Crippen LogP contribution < -0.4 is 20.1 Å². The highest BCUT2D eigenvalue weighted by Crippen LogP contribution is 2.47. The summed E-state index contributed by atoms with van der Waals surface area (Å²) >= 11 is 6.39. The molecule has 13 nitrogen and oxygen atoms in total. The van der Waals surface area contributed by atoms with E-state index >= 15 is 0 Å². The molecule has 57 heavy (non-hydrogen) atoms. The van der Waals surface area contributed by atoms with E-state index in [1.807, 2.05) is 52.0 Å². The van der Waals surface area contributed by atoms with E-state index in [0.717, 1.165) is 42.1 Å². The lowest BCUT2D eigenvalue weighted by atomic mass is 9.65. The number of aryl methyl sites for hydroxylation is 2. The average Bonchev–Trinajstić information content (AvgIpc) is 3.80. The standard InChI is InChI=1S/C42H58ClN5O8S/c1-8-9-10-11-12-13-28-16-19-42(28,37(51)47-57(53,54)40(7)20-21-40)46-35(49)33-23-41(24-48(33)36(50)27(3)45-38(52)55-25-39(4,5)6)18-17-30-31-22-29(43)14-15-32(31)44-26(2)34(30)56-41/h12-15,22,27-28,33H,8-11,16-21,23-25H2,1-7H3,(H,45,52)(H,46,49)(H,47,51). The third-order valence-corrected chi connectivity index (χ3v) is 14.5. The summed E-state index contributed by atoms with van der Waals surface area (Å²) in [6.07, 6.45) is 9.77. The Labute approximate surface area is 341 Å². The summed E-state index contributed by atoms with van der Waals surface area (Å²) in [4.78, 5) is 62.3. The summed E-state index contributed by atoms with van der Waals surface area (Å²) < 4.78 is 40.2. The van der Waals surface area contributed by atoms with Crippen molar-refractivity contribution in [2.75, 3.05) is 13.2 Å². The van der Waals surface area contributed by atoms with E-state index in [4.69, 9.17) is 26.1 Å². The second kappa shape index (κ2) is 16.0. The number of fused-ring (bicyclic) bond motifs is 3. The SMILES string of the molecule is CCCCCC=CC1CCC1(NC(=O)C1CC2(CCc3c(c(C)nc4ccc(Cl)cc34)O2)CN1C(=O)C(C)NC(=O)OCC(C)(C)C)C(=O)NS(=O)(=O)C1(C)CC1. The Morgan fingerprint density at radius 1 is 1.14 bits per heavy atom. The maximum absolute atomic E-state index is 14.8. The number of amides is 4. The molecule has 1 aromatic carbocycles. The minimum Gasteiger partial charge on any atom is -0.483 e. The van der Waals surface area contributed by atoms with E-state index in [1.165, 1.54) is 11.8 Å². The number of aromatic nitrogens is 1. The van der Waals surface area contributed by atoms with Gasteiger partial charge in [-0.2, -0.15) is 0 Å². The number of allylic oxidation sites excluding steroid dienone is 1. The van der Waals surface area contributed by atoms with Crippen molar-refractivity contribution in [3.63, 3.8) is 0 Å². The highest BCUT2D eigenvalue weighted by Gasteiger charge is 2.59. The van der Waals surface area contributed by atoms with Gasteiger partial charge >= 0.3 is 6.09 Å². The number of ether oxygens (including phenoxy) is 2. The molecule has 0 radical (unpaired) electrons. The van der Waals surface area contributed by atoms with Crippen molar-refractivity contribution < 1.29 is 37.1 Å². The number of hydrogen-bond donors (Lipinski definition) is 3. The van der Waals surface area contributed by atoms with Gasteiger partial charge in [0.25, 0.3) is 5.91 Å². The Balaban J connectivity index is 1.31. The van der Waals surface area contributed by atoms with Gasteiger partial charge in [-0.1, -0.05) is 64.3 Å². The Kier molecular flexibility index (Phi) is 12.0. The van der Waals surface area contributed by atoms with Gasteiger partial charge in [0, 0.05) is 28.3 Å². The Morgan fingerprint density at radius 3 is 2.53 bits per heavy atom. The molecule has 3 fully saturated rings. The van der Waals surface area contributed by atoms with Crippen LogP contribution in [-0.4, -0.2) is 83.2 Å². The van der Waals surface area contributed by atoms with E-state index < -0.39 is 67.7 Å². The molecule has 5 atom stereocenters. The summed E-state index contributed by atoms with van der Waals surface area (Å²) in [5.41, 5.74) is -0.476. The van der Waals surface area contributed by atoms with E-state index in [0.29, 0.717) is 48.6 Å². The van der Waals surface area contributed by atoms with Crippen LogP contribution in [0.1, 0.15) is 117 Å². The van der Waals surface area contributed by atoms with Crippen LogP contribution in [0.5, 0.6) is 5.75 Å². The molecule has 3 heterocycles. The first kappa shape index (κ1) is 42.7. The number of pyridine rings is 1. The van der Waals surface area contributed by atoms with Crippen molar-refractivity contribution in [2.24, 2.45) is 11.3 Å². The molecule has 3 N–H and O–H groups in total. The summed E-state index contributed by atoms with van der Waals surface area (Å²) in [6, 6.07) is 3.32. The minimum atomic E-state index is -4.02. The molecule has 312 valence electrons. The number of sulfonamides is 1. The van der Waals surface area contributed by atoms with Crippen LogP contribution in [-0.2, 0) is 35.6 Å². The lowest BCUT2D eigenvalue weighted by Crippen LogP contribution is -2.70. The van der Waals surface area contributed by atoms with Gasteiger partial charge in [0.2, 0.25) is 21.8 Å². The molecule has 6 rings (SSSR count). The predicted molar refractivity (Wildman–Crippen MR) is 218 cm³/mol. The van der Waals surface area contributed by atoms with Crippen LogP contribution in [0, 0.1) is 18.3 Å². The van der Waals surface area contributed by atoms with Crippen LogP contribution >= 0.6 is 11.6 Å². The molecule has 1 aromatic heterocycles. The summed E-state index contributed by atoms with van der Waals surface area (Å²) in [5.74, 6) is -1.81. The van der Waals surface area contributed by atoms with Crippen LogP contribution in [0.15, 0.2) is 30.4 Å². The third-order valence-electron chi connectivity index (χ3n) is 12.1. The van der Waals surface area contributed by atoms with Gasteiger partial charge in [0.05, 0.1) is 29.1 Å². The number of nitrogens with zero attached hydrogens (tertiary/aromatic N) is 2. The Morgan fingerprint density at radius 2 is 1.88 bits per heavy atom. The molecule has 4 amide bonds. The molecule has 4 aliphatic rings. The first-order valence-electron chi connectivity index (χ1n) is 20.3. The zero-order valence-electron chi connectivity index (χ0n) is 34.3. The average molecular weight is 828 g/mol. The zero-order chi connectivity index (χ0) is 41.6. The molecule has 15 heteroatoms. The second-order valence-corrected chi connectivity index (χ2v) is 20.7. The lowest BCUT2D eigenvalue weighted by Gasteiger charge is -2.48. The summed E-state index contributed by atoms with van der Waals surface area (Å²) in [6.45, 7) is 13.0. The van der Waals surface area contributed by atoms with E-state index in [-0.39, 0.29) is 31.4 Å². The van der Waals surface area contributed by atoms with Gasteiger partial charge in [-0.25, -0.2) is 18.2 Å². The summed E-state index contributed by atoms with van der Waals surface area (Å²) in [7, 11) is -4.02. The molecule has 5 unspecified atom stereocenters. The number of rotatable bonds is 13. The van der Waals surface area contributed by atoms with Gasteiger partial charge in [-0.3, -0.25) is 19.1 Å². The molecule has 2 saturated carbocycles. The molecule has 2 aliphatic carbocycles. The molecule has 2 aromatic rings. The minimum absolute atomic E-state index is 0.0200. The number of alkyl carbamates (subject to hydrolysis) is 1. The van der Waals surface area contributed by atoms with Crippen molar-refractivity contribution in [3.05, 3.63) is 46.6 Å². The first-order chi connectivity index (χ1) is 26.7.